The maximum Gasteiger partial charge on any atom is 0.330 e. The minimum absolute atomic E-state index is 0.192. The van der Waals surface area contributed by atoms with Gasteiger partial charge in [0.15, 0.2) is 0 Å². The number of H-pyrrole nitrogens is 1. The van der Waals surface area contributed by atoms with Crippen molar-refractivity contribution in [1.82, 2.24) is 9.55 Å². The van der Waals surface area contributed by atoms with Crippen LogP contribution in [0.15, 0.2) is 21.9 Å². The summed E-state index contributed by atoms with van der Waals surface area (Å²) in [6.45, 7) is -0.192. The number of hydrogen-bond acceptors (Lipinski definition) is 4. The highest BCUT2D eigenvalue weighted by Crippen LogP contribution is 2.30. The molecule has 3 atom stereocenters. The van der Waals surface area contributed by atoms with E-state index in [-0.39, 0.29) is 12.0 Å². The van der Waals surface area contributed by atoms with Gasteiger partial charge in [0.1, 0.15) is 6.23 Å². The molecule has 2 heterocycles. The smallest absolute Gasteiger partial charge is 0.330 e. The van der Waals surface area contributed by atoms with E-state index in [1.165, 1.54) is 16.8 Å². The van der Waals surface area contributed by atoms with Crippen molar-refractivity contribution < 1.29 is 9.84 Å². The van der Waals surface area contributed by atoms with Crippen molar-refractivity contribution in [3.05, 3.63) is 33.1 Å². The largest absolute Gasteiger partial charge is 0.394 e. The number of aromatic nitrogens is 2. The second-order valence-corrected chi connectivity index (χ2v) is 4.14. The van der Waals surface area contributed by atoms with Gasteiger partial charge in [0.05, 0.1) is 18.1 Å². The molecule has 0 radical (unpaired) electrons. The fourth-order valence-electron chi connectivity index (χ4n) is 1.68. The van der Waals surface area contributed by atoms with Crippen LogP contribution >= 0.6 is 11.6 Å². The maximum absolute atomic E-state index is 11.5. The van der Waals surface area contributed by atoms with Gasteiger partial charge in [-0.3, -0.25) is 14.3 Å². The number of ether oxygens (including phenoxy) is 1. The third-order valence-electron chi connectivity index (χ3n) is 2.50. The molecule has 7 heteroatoms. The van der Waals surface area contributed by atoms with Crippen LogP contribution in [0.4, 0.5) is 0 Å². The van der Waals surface area contributed by atoms with E-state index >= 15 is 0 Å². The fourth-order valence-corrected chi connectivity index (χ4v) is 1.97. The molecule has 1 saturated heterocycles. The predicted molar refractivity (Wildman–Crippen MR) is 56.6 cm³/mol. The first-order chi connectivity index (χ1) is 7.61. The zero-order chi connectivity index (χ0) is 11.7. The number of nitrogens with one attached hydrogen (secondary N) is 1. The first-order valence-corrected chi connectivity index (χ1v) is 5.27. The Labute approximate surface area is 95.4 Å². The molecule has 1 aliphatic heterocycles. The lowest BCUT2D eigenvalue weighted by Crippen LogP contribution is -2.31. The van der Waals surface area contributed by atoms with E-state index in [1.54, 1.807) is 0 Å². The van der Waals surface area contributed by atoms with E-state index in [1.807, 2.05) is 0 Å². The Bertz CT molecular complexity index is 483. The molecule has 2 rings (SSSR count). The van der Waals surface area contributed by atoms with Crippen LogP contribution in [0, 0.1) is 0 Å². The van der Waals surface area contributed by atoms with Crippen LogP contribution in [0.2, 0.25) is 0 Å². The summed E-state index contributed by atoms with van der Waals surface area (Å²) in [7, 11) is 0. The second kappa shape index (κ2) is 4.40. The van der Waals surface area contributed by atoms with Gasteiger partial charge in [-0.05, 0) is 0 Å². The van der Waals surface area contributed by atoms with Crippen LogP contribution in [0.1, 0.15) is 12.6 Å². The quantitative estimate of drug-likeness (QED) is 0.684. The molecule has 0 spiro atoms. The number of aliphatic hydroxyl groups excluding tert-OH is 1. The van der Waals surface area contributed by atoms with Crippen LogP contribution in [-0.4, -0.2) is 32.7 Å². The summed E-state index contributed by atoms with van der Waals surface area (Å²) in [6.07, 6.45) is 0.753. The number of aliphatic hydroxyl groups is 1. The Morgan fingerprint density at radius 2 is 2.38 bits per heavy atom. The molecule has 1 aromatic heterocycles. The molecule has 16 heavy (non-hydrogen) atoms. The minimum Gasteiger partial charge on any atom is -0.394 e. The van der Waals surface area contributed by atoms with Crippen LogP contribution in [-0.2, 0) is 4.74 Å². The molecule has 1 aliphatic rings. The maximum atomic E-state index is 11.5. The number of halogens is 1. The summed E-state index contributed by atoms with van der Waals surface area (Å²) in [5, 5.41) is 8.62. The van der Waals surface area contributed by atoms with Gasteiger partial charge in [0.25, 0.3) is 5.56 Å². The molecule has 6 nitrogen and oxygen atoms in total. The molecule has 0 aromatic carbocycles. The van der Waals surface area contributed by atoms with Gasteiger partial charge in [-0.15, -0.1) is 11.6 Å². The van der Waals surface area contributed by atoms with Gasteiger partial charge in [-0.1, -0.05) is 0 Å². The van der Waals surface area contributed by atoms with Gasteiger partial charge in [0, 0.05) is 18.7 Å². The highest BCUT2D eigenvalue weighted by Gasteiger charge is 2.34. The SMILES string of the molecule is O=c1ccn([C@H]2C[C@@H](Cl)[C@@H](CO)O2)c(=O)[nH]1. The highest BCUT2D eigenvalue weighted by molar-refractivity contribution is 6.21. The van der Waals surface area contributed by atoms with Crippen molar-refractivity contribution in [2.24, 2.45) is 0 Å². The fraction of sp³-hybridized carbons (Fsp3) is 0.556. The summed E-state index contributed by atoms with van der Waals surface area (Å²) in [6, 6.07) is 1.24. The zero-order valence-corrected chi connectivity index (χ0v) is 9.05. The van der Waals surface area contributed by atoms with Gasteiger partial charge >= 0.3 is 5.69 Å². The van der Waals surface area contributed by atoms with Gasteiger partial charge in [0.2, 0.25) is 0 Å². The second-order valence-electron chi connectivity index (χ2n) is 3.58. The number of rotatable bonds is 2. The summed E-state index contributed by atoms with van der Waals surface area (Å²) < 4.78 is 6.64. The van der Waals surface area contributed by atoms with Crippen LogP contribution < -0.4 is 11.2 Å². The average Bonchev–Trinajstić information content (AvgIpc) is 2.59. The van der Waals surface area contributed by atoms with Gasteiger partial charge < -0.3 is 9.84 Å². The van der Waals surface area contributed by atoms with E-state index < -0.39 is 23.6 Å². The summed E-state index contributed by atoms with van der Waals surface area (Å²) in [5.74, 6) is 0. The number of hydrogen-bond donors (Lipinski definition) is 2. The zero-order valence-electron chi connectivity index (χ0n) is 8.30. The standard InChI is InChI=1S/C9H11ClN2O4/c10-5-3-8(16-6(5)4-13)12-2-1-7(14)11-9(12)15/h1-2,5-6,8,13H,3-4H2,(H,11,14,15)/t5-,6-,8-/m1/s1. The van der Waals surface area contributed by atoms with Crippen molar-refractivity contribution in [1.29, 1.82) is 0 Å². The number of alkyl halides is 1. The lowest BCUT2D eigenvalue weighted by molar-refractivity contribution is -0.0240. The van der Waals surface area contributed by atoms with E-state index in [0.717, 1.165) is 0 Å². The molecular formula is C9H11ClN2O4. The van der Waals surface area contributed by atoms with E-state index in [0.29, 0.717) is 6.42 Å². The van der Waals surface area contributed by atoms with Crippen LogP contribution in [0.3, 0.4) is 0 Å². The number of nitrogens with zero attached hydrogens (tertiary/aromatic N) is 1. The number of aromatic amines is 1. The molecule has 0 aliphatic carbocycles. The van der Waals surface area contributed by atoms with E-state index in [2.05, 4.69) is 4.98 Å². The first-order valence-electron chi connectivity index (χ1n) is 4.83. The molecule has 2 N–H and O–H groups in total. The monoisotopic (exact) mass is 246 g/mol. The Hall–Kier alpha value is -1.11. The summed E-state index contributed by atoms with van der Waals surface area (Å²) in [4.78, 5) is 24.4. The molecule has 0 amide bonds. The van der Waals surface area contributed by atoms with Crippen LogP contribution in [0.5, 0.6) is 0 Å². The highest BCUT2D eigenvalue weighted by atomic mass is 35.5. The van der Waals surface area contributed by atoms with Crippen molar-refractivity contribution in [3.63, 3.8) is 0 Å². The molecular weight excluding hydrogens is 236 g/mol. The lowest BCUT2D eigenvalue weighted by Gasteiger charge is -2.13. The van der Waals surface area contributed by atoms with Gasteiger partial charge in [-0.2, -0.15) is 0 Å². The molecule has 0 saturated carbocycles. The predicted octanol–water partition coefficient (Wildman–Crippen LogP) is -0.576. The van der Waals surface area contributed by atoms with Crippen molar-refractivity contribution in [3.8, 4) is 0 Å². The molecule has 0 bridgehead atoms. The lowest BCUT2D eigenvalue weighted by atomic mass is 10.2. The minimum atomic E-state index is -0.542. The van der Waals surface area contributed by atoms with Crippen molar-refractivity contribution in [2.45, 2.75) is 24.1 Å². The molecule has 1 fully saturated rings. The van der Waals surface area contributed by atoms with Gasteiger partial charge in [-0.25, -0.2) is 4.79 Å². The third kappa shape index (κ3) is 2.04. The van der Waals surface area contributed by atoms with E-state index in [9.17, 15) is 9.59 Å². The Kier molecular flexibility index (Phi) is 3.13. The summed E-state index contributed by atoms with van der Waals surface area (Å²) in [5.41, 5.74) is -1.000. The molecule has 0 unspecified atom stereocenters. The summed E-state index contributed by atoms with van der Waals surface area (Å²) >= 11 is 5.93. The Morgan fingerprint density at radius 1 is 1.62 bits per heavy atom. The first kappa shape index (κ1) is 11.4. The third-order valence-corrected chi connectivity index (χ3v) is 2.96. The van der Waals surface area contributed by atoms with Crippen LogP contribution in [0.25, 0.3) is 0 Å². The van der Waals surface area contributed by atoms with Crippen molar-refractivity contribution >= 4 is 11.6 Å². The normalized spacial score (nSPS) is 29.5. The molecule has 88 valence electrons. The topological polar surface area (TPSA) is 84.3 Å². The van der Waals surface area contributed by atoms with E-state index in [4.69, 9.17) is 21.4 Å². The average molecular weight is 247 g/mol. The Morgan fingerprint density at radius 3 is 2.94 bits per heavy atom. The van der Waals surface area contributed by atoms with Crippen molar-refractivity contribution in [2.75, 3.05) is 6.61 Å². The molecule has 1 aromatic rings. The Balaban J connectivity index is 2.27.